The summed E-state index contributed by atoms with van der Waals surface area (Å²) in [4.78, 5) is 21.5. The number of carbonyl (C=O) groups is 1. The topological polar surface area (TPSA) is 92.5 Å². The Labute approximate surface area is 118 Å². The Morgan fingerprint density at radius 1 is 1.45 bits per heavy atom. The largest absolute Gasteiger partial charge is 0.477 e. The van der Waals surface area contributed by atoms with Crippen molar-refractivity contribution >= 4 is 11.7 Å². The summed E-state index contributed by atoms with van der Waals surface area (Å²) in [6, 6.07) is 4.64. The molecular weight excluding hydrogens is 260 g/mol. The Morgan fingerprint density at radius 3 is 2.65 bits per heavy atom. The molecule has 0 aliphatic carbocycles. The van der Waals surface area contributed by atoms with E-state index in [1.165, 1.54) is 12.1 Å². The third-order valence-electron chi connectivity index (χ3n) is 3.25. The van der Waals surface area contributed by atoms with Gasteiger partial charge < -0.3 is 10.4 Å². The molecule has 2 N–H and O–H groups in total. The number of hydrogen-bond donors (Lipinski definition) is 2. The van der Waals surface area contributed by atoms with Crippen LogP contribution in [-0.2, 0) is 6.54 Å². The van der Waals surface area contributed by atoms with E-state index in [9.17, 15) is 20.0 Å². The molecule has 0 saturated heterocycles. The van der Waals surface area contributed by atoms with Crippen molar-refractivity contribution < 1.29 is 14.8 Å². The van der Waals surface area contributed by atoms with Crippen LogP contribution in [0.25, 0.3) is 0 Å². The van der Waals surface area contributed by atoms with Crippen LogP contribution < -0.4 is 5.32 Å². The van der Waals surface area contributed by atoms with Gasteiger partial charge in [0.05, 0.1) is 4.92 Å². The monoisotopic (exact) mass is 280 g/mol. The molecule has 1 unspecified atom stereocenters. The van der Waals surface area contributed by atoms with Gasteiger partial charge in [-0.05, 0) is 18.4 Å². The average molecular weight is 280 g/mol. The molecule has 0 aliphatic heterocycles. The number of carboxylic acid groups (broad SMARTS) is 1. The summed E-state index contributed by atoms with van der Waals surface area (Å²) >= 11 is 0. The van der Waals surface area contributed by atoms with Crippen molar-refractivity contribution in [2.24, 2.45) is 0 Å². The number of carboxylic acids is 1. The molecule has 20 heavy (non-hydrogen) atoms. The van der Waals surface area contributed by atoms with E-state index in [0.29, 0.717) is 18.2 Å². The average Bonchev–Trinajstić information content (AvgIpc) is 2.42. The van der Waals surface area contributed by atoms with E-state index >= 15 is 0 Å². The van der Waals surface area contributed by atoms with E-state index in [1.54, 1.807) is 6.07 Å². The van der Waals surface area contributed by atoms with Crippen molar-refractivity contribution in [3.8, 4) is 0 Å². The molecule has 0 aliphatic rings. The molecule has 1 aromatic carbocycles. The molecule has 110 valence electrons. The number of nitro groups is 1. The van der Waals surface area contributed by atoms with Crippen LogP contribution in [0.1, 0.15) is 49.0 Å². The van der Waals surface area contributed by atoms with Crippen molar-refractivity contribution in [2.75, 3.05) is 0 Å². The van der Waals surface area contributed by atoms with Crippen molar-refractivity contribution in [2.45, 2.75) is 45.7 Å². The second kappa shape index (κ2) is 7.59. The lowest BCUT2D eigenvalue weighted by Gasteiger charge is -2.16. The second-order valence-corrected chi connectivity index (χ2v) is 4.65. The first-order valence-electron chi connectivity index (χ1n) is 6.74. The fraction of sp³-hybridized carbons (Fsp3) is 0.500. The van der Waals surface area contributed by atoms with Gasteiger partial charge in [0, 0.05) is 18.7 Å². The number of hydrogen-bond acceptors (Lipinski definition) is 4. The summed E-state index contributed by atoms with van der Waals surface area (Å²) in [5.74, 6) is -1.27. The number of benzene rings is 1. The van der Waals surface area contributed by atoms with Crippen molar-refractivity contribution in [1.29, 1.82) is 0 Å². The van der Waals surface area contributed by atoms with Gasteiger partial charge in [-0.2, -0.15) is 0 Å². The summed E-state index contributed by atoms with van der Waals surface area (Å²) in [6.07, 6.45) is 2.96. The minimum absolute atomic E-state index is 0.226. The highest BCUT2D eigenvalue weighted by Crippen LogP contribution is 2.22. The van der Waals surface area contributed by atoms with Crippen LogP contribution in [0, 0.1) is 10.1 Å². The summed E-state index contributed by atoms with van der Waals surface area (Å²) in [5, 5.41) is 23.3. The second-order valence-electron chi connectivity index (χ2n) is 4.65. The first kappa shape index (κ1) is 16.1. The lowest BCUT2D eigenvalue weighted by molar-refractivity contribution is -0.385. The summed E-state index contributed by atoms with van der Waals surface area (Å²) in [5.41, 5.74) is -0.141. The maximum atomic E-state index is 11.3. The molecule has 1 aromatic rings. The fourth-order valence-corrected chi connectivity index (χ4v) is 2.19. The summed E-state index contributed by atoms with van der Waals surface area (Å²) in [7, 11) is 0. The van der Waals surface area contributed by atoms with Crippen LogP contribution in [0.2, 0.25) is 0 Å². The van der Waals surface area contributed by atoms with Crippen LogP contribution >= 0.6 is 0 Å². The normalized spacial score (nSPS) is 12.1. The first-order chi connectivity index (χ1) is 9.51. The molecular formula is C14H20N2O4. The highest BCUT2D eigenvalue weighted by Gasteiger charge is 2.23. The molecule has 1 atom stereocenters. The summed E-state index contributed by atoms with van der Waals surface area (Å²) < 4.78 is 0. The summed E-state index contributed by atoms with van der Waals surface area (Å²) in [6.45, 7) is 4.46. The maximum absolute atomic E-state index is 11.3. The molecule has 0 heterocycles. The van der Waals surface area contributed by atoms with Crippen molar-refractivity contribution in [3.05, 3.63) is 39.4 Å². The Bertz CT molecular complexity index is 488. The molecule has 0 amide bonds. The number of rotatable bonds is 8. The number of nitrogens with one attached hydrogen (secondary N) is 1. The van der Waals surface area contributed by atoms with E-state index in [0.717, 1.165) is 19.3 Å². The van der Waals surface area contributed by atoms with Gasteiger partial charge in [-0.3, -0.25) is 10.1 Å². The minimum Gasteiger partial charge on any atom is -0.477 e. The van der Waals surface area contributed by atoms with Crippen LogP contribution in [0.4, 0.5) is 5.69 Å². The van der Waals surface area contributed by atoms with E-state index in [-0.39, 0.29) is 11.3 Å². The van der Waals surface area contributed by atoms with Crippen molar-refractivity contribution in [1.82, 2.24) is 5.32 Å². The first-order valence-corrected chi connectivity index (χ1v) is 6.74. The highest BCUT2D eigenvalue weighted by molar-refractivity contribution is 5.94. The lowest BCUT2D eigenvalue weighted by atomic mass is 10.0. The minimum atomic E-state index is -1.27. The predicted octanol–water partition coefficient (Wildman–Crippen LogP) is 2.96. The third-order valence-corrected chi connectivity index (χ3v) is 3.25. The van der Waals surface area contributed by atoms with Gasteiger partial charge in [-0.25, -0.2) is 4.79 Å². The molecule has 1 rings (SSSR count). The van der Waals surface area contributed by atoms with Gasteiger partial charge in [-0.15, -0.1) is 0 Å². The molecule has 0 aromatic heterocycles. The van der Waals surface area contributed by atoms with Crippen LogP contribution in [0.3, 0.4) is 0 Å². The van der Waals surface area contributed by atoms with Crippen molar-refractivity contribution in [3.63, 3.8) is 0 Å². The molecule has 6 nitrogen and oxygen atoms in total. The highest BCUT2D eigenvalue weighted by atomic mass is 16.6. The Hall–Kier alpha value is -1.95. The zero-order chi connectivity index (χ0) is 15.1. The van der Waals surface area contributed by atoms with Crippen LogP contribution in [0.5, 0.6) is 0 Å². The molecule has 0 radical (unpaired) electrons. The Morgan fingerprint density at radius 2 is 2.15 bits per heavy atom. The zero-order valence-corrected chi connectivity index (χ0v) is 11.8. The zero-order valence-electron chi connectivity index (χ0n) is 11.8. The van der Waals surface area contributed by atoms with E-state index in [1.807, 2.05) is 0 Å². The van der Waals surface area contributed by atoms with Gasteiger partial charge in [0.2, 0.25) is 0 Å². The molecule has 0 saturated carbocycles. The van der Waals surface area contributed by atoms with Gasteiger partial charge in [0.1, 0.15) is 5.56 Å². The van der Waals surface area contributed by atoms with E-state index < -0.39 is 10.9 Å². The standard InChI is InChI=1S/C14H20N2O4/c1-3-6-11(4-2)15-9-10-7-5-8-12(16(19)20)13(10)14(17)18/h5,7-8,11,15H,3-4,6,9H2,1-2H3,(H,17,18). The lowest BCUT2D eigenvalue weighted by Crippen LogP contribution is -2.28. The van der Waals surface area contributed by atoms with Gasteiger partial charge >= 0.3 is 5.97 Å². The maximum Gasteiger partial charge on any atom is 0.343 e. The van der Waals surface area contributed by atoms with E-state index in [2.05, 4.69) is 19.2 Å². The van der Waals surface area contributed by atoms with Crippen LogP contribution in [0.15, 0.2) is 18.2 Å². The fourth-order valence-electron chi connectivity index (χ4n) is 2.19. The van der Waals surface area contributed by atoms with Gasteiger partial charge in [0.15, 0.2) is 0 Å². The number of nitro benzene ring substituents is 1. The smallest absolute Gasteiger partial charge is 0.343 e. The molecule has 6 heteroatoms. The Balaban J connectivity index is 2.97. The van der Waals surface area contributed by atoms with E-state index in [4.69, 9.17) is 0 Å². The molecule has 0 bridgehead atoms. The SMILES string of the molecule is CCCC(CC)NCc1cccc([N+](=O)[O-])c1C(=O)O. The van der Waals surface area contributed by atoms with Gasteiger partial charge in [-0.1, -0.05) is 32.4 Å². The third kappa shape index (κ3) is 4.03. The molecule has 0 fully saturated rings. The predicted molar refractivity (Wildman–Crippen MR) is 75.9 cm³/mol. The number of nitrogens with zero attached hydrogens (tertiary/aromatic N) is 1. The number of aromatic carboxylic acids is 1. The Kier molecular flexibility index (Phi) is 6.11. The quantitative estimate of drug-likeness (QED) is 0.564. The molecule has 0 spiro atoms. The van der Waals surface area contributed by atoms with Gasteiger partial charge in [0.25, 0.3) is 5.69 Å². The van der Waals surface area contributed by atoms with Crippen LogP contribution in [-0.4, -0.2) is 22.0 Å².